The molecule has 0 aliphatic carbocycles. The zero-order valence-electron chi connectivity index (χ0n) is 13.5. The third-order valence-electron chi connectivity index (χ3n) is 3.81. The van der Waals surface area contributed by atoms with Crippen molar-refractivity contribution in [1.82, 2.24) is 9.55 Å². The molecule has 1 atom stereocenters. The number of ether oxygens (including phenoxy) is 1. The van der Waals surface area contributed by atoms with Crippen LogP contribution in [0.3, 0.4) is 0 Å². The Morgan fingerprint density at radius 3 is 2.84 bits per heavy atom. The average Bonchev–Trinajstić information content (AvgIpc) is 3.23. The molecule has 3 aromatic rings. The maximum atomic E-state index is 14.2. The summed E-state index contributed by atoms with van der Waals surface area (Å²) in [5.41, 5.74) is 0.446. The minimum Gasteiger partial charge on any atom is -0.364 e. The molecule has 0 bridgehead atoms. The molecule has 8 heteroatoms. The number of aryl methyl sites for hydroxylation is 1. The second-order valence-electron chi connectivity index (χ2n) is 5.36. The summed E-state index contributed by atoms with van der Waals surface area (Å²) in [6, 6.07) is 10.2. The van der Waals surface area contributed by atoms with Gasteiger partial charge in [-0.2, -0.15) is 0 Å². The van der Waals surface area contributed by atoms with Gasteiger partial charge in [-0.25, -0.2) is 13.9 Å². The third kappa shape index (κ3) is 3.75. The molecule has 0 aliphatic heterocycles. The van der Waals surface area contributed by atoms with Gasteiger partial charge in [0.25, 0.3) is 0 Å². The van der Waals surface area contributed by atoms with E-state index in [1.54, 1.807) is 25.1 Å². The predicted octanol–water partition coefficient (Wildman–Crippen LogP) is 4.11. The first kappa shape index (κ1) is 17.2. The van der Waals surface area contributed by atoms with Gasteiger partial charge >= 0.3 is 5.82 Å². The van der Waals surface area contributed by atoms with Crippen molar-refractivity contribution in [2.24, 2.45) is 0 Å². The fraction of sp³-hybridized carbons (Fsp3) is 0.235. The molecule has 2 heterocycles. The smallest absolute Gasteiger partial charge is 0.342 e. The molecule has 0 fully saturated rings. The number of benzene rings is 1. The van der Waals surface area contributed by atoms with Gasteiger partial charge in [-0.05, 0) is 22.4 Å². The van der Waals surface area contributed by atoms with Crippen LogP contribution in [0.4, 0.5) is 10.2 Å². The summed E-state index contributed by atoms with van der Waals surface area (Å²) in [5, 5.41) is 12.9. The first-order valence-corrected chi connectivity index (χ1v) is 8.52. The third-order valence-corrected chi connectivity index (χ3v) is 4.73. The molecular formula is C17H16FN3O3S. The maximum Gasteiger partial charge on any atom is 0.342 e. The van der Waals surface area contributed by atoms with Crippen LogP contribution in [0.2, 0.25) is 0 Å². The van der Waals surface area contributed by atoms with E-state index in [9.17, 15) is 14.5 Å². The highest BCUT2D eigenvalue weighted by Gasteiger charge is 2.21. The second-order valence-corrected chi connectivity index (χ2v) is 6.34. The van der Waals surface area contributed by atoms with Gasteiger partial charge in [-0.1, -0.05) is 24.3 Å². The summed E-state index contributed by atoms with van der Waals surface area (Å²) < 4.78 is 21.6. The lowest BCUT2D eigenvalue weighted by Crippen LogP contribution is -2.14. The Balaban J connectivity index is 1.78. The molecule has 0 amide bonds. The van der Waals surface area contributed by atoms with Crippen molar-refractivity contribution in [2.45, 2.75) is 19.6 Å². The molecule has 2 aromatic heterocycles. The molecule has 1 unspecified atom stereocenters. The number of imidazole rings is 1. The van der Waals surface area contributed by atoms with Gasteiger partial charge in [-0.3, -0.25) is 0 Å². The number of thiophene rings is 1. The lowest BCUT2D eigenvalue weighted by Gasteiger charge is -2.17. The van der Waals surface area contributed by atoms with Gasteiger partial charge in [0.2, 0.25) is 0 Å². The van der Waals surface area contributed by atoms with E-state index in [0.717, 1.165) is 4.88 Å². The van der Waals surface area contributed by atoms with Crippen molar-refractivity contribution in [3.8, 4) is 0 Å². The van der Waals surface area contributed by atoms with Crippen LogP contribution in [0, 0.1) is 22.9 Å². The largest absolute Gasteiger partial charge is 0.364 e. The average molecular weight is 361 g/mol. The van der Waals surface area contributed by atoms with Crippen LogP contribution in [0.1, 0.15) is 22.4 Å². The highest BCUT2D eigenvalue weighted by atomic mass is 32.1. The van der Waals surface area contributed by atoms with Crippen LogP contribution in [0.15, 0.2) is 48.0 Å². The van der Waals surface area contributed by atoms with Crippen LogP contribution >= 0.6 is 11.3 Å². The van der Waals surface area contributed by atoms with Gasteiger partial charge in [0, 0.05) is 17.4 Å². The molecule has 0 aliphatic rings. The Labute approximate surface area is 147 Å². The highest BCUT2D eigenvalue weighted by Crippen LogP contribution is 2.31. The Morgan fingerprint density at radius 1 is 1.36 bits per heavy atom. The fourth-order valence-electron chi connectivity index (χ4n) is 2.59. The molecule has 130 valence electrons. The van der Waals surface area contributed by atoms with E-state index in [1.165, 1.54) is 28.2 Å². The summed E-state index contributed by atoms with van der Waals surface area (Å²) in [4.78, 5) is 15.4. The van der Waals surface area contributed by atoms with E-state index in [2.05, 4.69) is 4.98 Å². The normalized spacial score (nSPS) is 12.2. The lowest BCUT2D eigenvalue weighted by molar-refractivity contribution is -0.392. The summed E-state index contributed by atoms with van der Waals surface area (Å²) in [6.45, 7) is 2.15. The number of nitrogens with zero attached hydrogens (tertiary/aromatic N) is 3. The van der Waals surface area contributed by atoms with Crippen molar-refractivity contribution in [2.75, 3.05) is 6.61 Å². The van der Waals surface area contributed by atoms with Gasteiger partial charge in [0.05, 0.1) is 6.61 Å². The molecule has 1 aromatic carbocycles. The van der Waals surface area contributed by atoms with Crippen LogP contribution in [0.25, 0.3) is 0 Å². The predicted molar refractivity (Wildman–Crippen MR) is 92.1 cm³/mol. The first-order chi connectivity index (χ1) is 12.1. The van der Waals surface area contributed by atoms with E-state index in [1.807, 2.05) is 17.5 Å². The van der Waals surface area contributed by atoms with E-state index < -0.39 is 11.0 Å². The topological polar surface area (TPSA) is 70.2 Å². The maximum absolute atomic E-state index is 14.2. The van der Waals surface area contributed by atoms with Crippen molar-refractivity contribution < 1.29 is 14.1 Å². The Morgan fingerprint density at radius 2 is 2.16 bits per heavy atom. The molecule has 6 nitrogen and oxygen atoms in total. The molecule has 3 rings (SSSR count). The number of aromatic nitrogens is 2. The Bertz CT molecular complexity index is 864. The number of halogens is 1. The highest BCUT2D eigenvalue weighted by molar-refractivity contribution is 7.10. The SMILES string of the molecule is Cc1ncc([N+](=O)[O-])n1CCOC(c1cccs1)c1ccccc1F. The van der Waals surface area contributed by atoms with Gasteiger partial charge in [-0.15, -0.1) is 11.3 Å². The Kier molecular flexibility index (Phi) is 5.20. The van der Waals surface area contributed by atoms with Crippen LogP contribution in [0.5, 0.6) is 0 Å². The quantitative estimate of drug-likeness (QED) is 0.469. The van der Waals surface area contributed by atoms with Crippen molar-refractivity contribution in [3.63, 3.8) is 0 Å². The minimum absolute atomic E-state index is 0.0836. The van der Waals surface area contributed by atoms with Gasteiger partial charge < -0.3 is 14.9 Å². The molecular weight excluding hydrogens is 345 g/mol. The number of nitro groups is 1. The molecule has 0 N–H and O–H groups in total. The zero-order valence-corrected chi connectivity index (χ0v) is 14.3. The zero-order chi connectivity index (χ0) is 17.8. The Hall–Kier alpha value is -2.58. The van der Waals surface area contributed by atoms with Crippen LogP contribution in [-0.4, -0.2) is 21.1 Å². The minimum atomic E-state index is -0.552. The molecule has 0 saturated heterocycles. The summed E-state index contributed by atoms with van der Waals surface area (Å²) in [6.07, 6.45) is 0.673. The van der Waals surface area contributed by atoms with Gasteiger partial charge in [0.15, 0.2) is 5.82 Å². The van der Waals surface area contributed by atoms with E-state index in [0.29, 0.717) is 11.4 Å². The van der Waals surface area contributed by atoms with Crippen LogP contribution < -0.4 is 0 Å². The number of hydrogen-bond donors (Lipinski definition) is 0. The number of rotatable bonds is 7. The van der Waals surface area contributed by atoms with E-state index >= 15 is 0 Å². The number of hydrogen-bond acceptors (Lipinski definition) is 5. The van der Waals surface area contributed by atoms with E-state index in [4.69, 9.17) is 4.74 Å². The van der Waals surface area contributed by atoms with Gasteiger partial charge in [0.1, 0.15) is 24.7 Å². The summed E-state index contributed by atoms with van der Waals surface area (Å²) >= 11 is 1.47. The first-order valence-electron chi connectivity index (χ1n) is 7.64. The van der Waals surface area contributed by atoms with E-state index in [-0.39, 0.29) is 24.8 Å². The van der Waals surface area contributed by atoms with Crippen LogP contribution in [-0.2, 0) is 11.3 Å². The second kappa shape index (κ2) is 7.54. The fourth-order valence-corrected chi connectivity index (χ4v) is 3.38. The standard InChI is InChI=1S/C17H16FN3O3S/c1-12-19-11-16(21(22)23)20(12)8-9-24-17(15-7-4-10-25-15)13-5-2-3-6-14(13)18/h2-7,10-11,17H,8-9H2,1H3. The van der Waals surface area contributed by atoms with Crippen molar-refractivity contribution >= 4 is 17.2 Å². The summed E-state index contributed by atoms with van der Waals surface area (Å²) in [7, 11) is 0. The molecule has 0 radical (unpaired) electrons. The van der Waals surface area contributed by atoms with Crippen molar-refractivity contribution in [1.29, 1.82) is 0 Å². The van der Waals surface area contributed by atoms with Crippen molar-refractivity contribution in [3.05, 3.63) is 80.2 Å². The molecule has 0 saturated carbocycles. The monoisotopic (exact) mass is 361 g/mol. The molecule has 25 heavy (non-hydrogen) atoms. The lowest BCUT2D eigenvalue weighted by atomic mass is 10.1. The summed E-state index contributed by atoms with van der Waals surface area (Å²) in [5.74, 6) is 0.110. The molecule has 0 spiro atoms.